The van der Waals surface area contributed by atoms with Crippen LogP contribution in [0.25, 0.3) is 0 Å². The molecule has 0 aromatic carbocycles. The summed E-state index contributed by atoms with van der Waals surface area (Å²) in [6, 6.07) is -0.643. The number of halogens is 5. The number of methoxy groups -OCH3 is 1. The molecule has 0 heterocycles. The van der Waals surface area contributed by atoms with E-state index in [1.165, 1.54) is 14.2 Å². The van der Waals surface area contributed by atoms with Crippen molar-refractivity contribution >= 4 is 11.9 Å². The summed E-state index contributed by atoms with van der Waals surface area (Å²) in [7, 11) is 2.77. The van der Waals surface area contributed by atoms with E-state index in [4.69, 9.17) is 9.90 Å². The first kappa shape index (κ1) is 20.9. The minimum atomic E-state index is -5.08. The first-order chi connectivity index (χ1) is 8.85. The molecule has 0 amide bonds. The molecule has 10 heteroatoms. The third-order valence-corrected chi connectivity index (χ3v) is 1.95. The summed E-state index contributed by atoms with van der Waals surface area (Å²) in [5.41, 5.74) is 0. The van der Waals surface area contributed by atoms with Crippen LogP contribution < -0.4 is 5.32 Å². The second kappa shape index (κ2) is 8.67. The summed E-state index contributed by atoms with van der Waals surface area (Å²) in [6.07, 6.45) is -5.33. The van der Waals surface area contributed by atoms with E-state index in [0.717, 1.165) is 6.92 Å². The number of alkyl halides is 5. The lowest BCUT2D eigenvalue weighted by molar-refractivity contribution is -0.192. The van der Waals surface area contributed by atoms with Crippen molar-refractivity contribution in [2.24, 2.45) is 0 Å². The van der Waals surface area contributed by atoms with Gasteiger partial charge >= 0.3 is 18.1 Å². The number of ether oxygens (including phenoxy) is 1. The zero-order valence-electron chi connectivity index (χ0n) is 11.1. The Kier molecular flexibility index (Phi) is 9.04. The Morgan fingerprint density at radius 1 is 1.25 bits per heavy atom. The predicted octanol–water partition coefficient (Wildman–Crippen LogP) is 1.82. The van der Waals surface area contributed by atoms with Crippen LogP contribution in [-0.2, 0) is 14.3 Å². The Balaban J connectivity index is 0. The zero-order valence-corrected chi connectivity index (χ0v) is 11.1. The van der Waals surface area contributed by atoms with Gasteiger partial charge in [0.2, 0.25) is 5.92 Å². The van der Waals surface area contributed by atoms with Crippen LogP contribution in [0, 0.1) is 0 Å². The van der Waals surface area contributed by atoms with Crippen LogP contribution >= 0.6 is 0 Å². The zero-order chi connectivity index (χ0) is 16.6. The maximum Gasteiger partial charge on any atom is 0.490 e. The van der Waals surface area contributed by atoms with Crippen molar-refractivity contribution < 1.29 is 41.4 Å². The highest BCUT2D eigenvalue weighted by molar-refractivity contribution is 5.75. The SMILES string of the molecule is CNC(CCC(C)(F)F)C(=O)OC.O=C(O)C(F)(F)F. The third kappa shape index (κ3) is 11.6. The van der Waals surface area contributed by atoms with E-state index in [9.17, 15) is 26.7 Å². The molecule has 0 fully saturated rings. The summed E-state index contributed by atoms with van der Waals surface area (Å²) in [5.74, 6) is -6.00. The quantitative estimate of drug-likeness (QED) is 0.598. The van der Waals surface area contributed by atoms with Crippen LogP contribution in [0.5, 0.6) is 0 Å². The summed E-state index contributed by atoms with van der Waals surface area (Å²) >= 11 is 0. The standard InChI is InChI=1S/C8H15F2NO2.C2HF3O2/c1-8(9,10)5-4-6(11-2)7(12)13-3;3-2(4,5)1(6)7/h6,11H,4-5H2,1-3H3;(H,6,7). The van der Waals surface area contributed by atoms with Crippen molar-refractivity contribution in [1.82, 2.24) is 5.32 Å². The molecule has 0 aliphatic carbocycles. The van der Waals surface area contributed by atoms with Crippen molar-refractivity contribution in [1.29, 1.82) is 0 Å². The molecule has 0 saturated carbocycles. The summed E-state index contributed by atoms with van der Waals surface area (Å²) < 4.78 is 61.0. The lowest BCUT2D eigenvalue weighted by atomic mass is 10.1. The smallest absolute Gasteiger partial charge is 0.475 e. The summed E-state index contributed by atoms with van der Waals surface area (Å²) in [6.45, 7) is 0.830. The second-order valence-electron chi connectivity index (χ2n) is 3.78. The molecule has 0 aromatic heterocycles. The molecule has 1 atom stereocenters. The average molecular weight is 309 g/mol. The number of carboxylic acids is 1. The Morgan fingerprint density at radius 3 is 1.85 bits per heavy atom. The van der Waals surface area contributed by atoms with E-state index in [2.05, 4.69) is 10.1 Å². The molecule has 0 aromatic rings. The highest BCUT2D eigenvalue weighted by Gasteiger charge is 2.38. The van der Waals surface area contributed by atoms with E-state index < -0.39 is 30.1 Å². The number of nitrogens with one attached hydrogen (secondary N) is 1. The van der Waals surface area contributed by atoms with E-state index in [-0.39, 0.29) is 12.8 Å². The average Bonchev–Trinajstić information content (AvgIpc) is 2.27. The van der Waals surface area contributed by atoms with Gasteiger partial charge in [-0.1, -0.05) is 0 Å². The van der Waals surface area contributed by atoms with Crippen LogP contribution in [-0.4, -0.2) is 49.3 Å². The number of carboxylic acid groups (broad SMARTS) is 1. The molecule has 120 valence electrons. The molecular formula is C10H16F5NO4. The molecule has 2 N–H and O–H groups in total. The van der Waals surface area contributed by atoms with Crippen molar-refractivity contribution in [2.75, 3.05) is 14.2 Å². The molecule has 0 saturated heterocycles. The second-order valence-corrected chi connectivity index (χ2v) is 3.78. The maximum absolute atomic E-state index is 12.4. The van der Waals surface area contributed by atoms with Crippen molar-refractivity contribution in [3.05, 3.63) is 0 Å². The number of esters is 1. The van der Waals surface area contributed by atoms with Crippen molar-refractivity contribution in [2.45, 2.75) is 37.9 Å². The molecule has 0 bridgehead atoms. The molecule has 0 aliphatic heterocycles. The van der Waals surface area contributed by atoms with E-state index in [0.29, 0.717) is 0 Å². The van der Waals surface area contributed by atoms with Gasteiger partial charge in [-0.05, 0) is 20.4 Å². The third-order valence-electron chi connectivity index (χ3n) is 1.95. The van der Waals surface area contributed by atoms with E-state index >= 15 is 0 Å². The number of rotatable bonds is 5. The topological polar surface area (TPSA) is 75.6 Å². The van der Waals surface area contributed by atoms with E-state index in [1.807, 2.05) is 0 Å². The molecule has 5 nitrogen and oxygen atoms in total. The Labute approximate surface area is 112 Å². The van der Waals surface area contributed by atoms with Gasteiger partial charge in [-0.3, -0.25) is 4.79 Å². The summed E-state index contributed by atoms with van der Waals surface area (Å²) in [5, 5.41) is 9.74. The minimum Gasteiger partial charge on any atom is -0.475 e. The Morgan fingerprint density at radius 2 is 1.65 bits per heavy atom. The first-order valence-electron chi connectivity index (χ1n) is 5.28. The molecule has 0 rings (SSSR count). The van der Waals surface area contributed by atoms with Crippen LogP contribution in [0.2, 0.25) is 0 Å². The van der Waals surface area contributed by atoms with Gasteiger partial charge in [0.05, 0.1) is 7.11 Å². The van der Waals surface area contributed by atoms with E-state index in [1.54, 1.807) is 0 Å². The van der Waals surface area contributed by atoms with Crippen LogP contribution in [0.3, 0.4) is 0 Å². The van der Waals surface area contributed by atoms with Crippen LogP contribution in [0.15, 0.2) is 0 Å². The van der Waals surface area contributed by atoms with Gasteiger partial charge in [0.25, 0.3) is 0 Å². The molecule has 1 unspecified atom stereocenters. The van der Waals surface area contributed by atoms with Gasteiger partial charge in [-0.25, -0.2) is 13.6 Å². The predicted molar refractivity (Wildman–Crippen MR) is 58.4 cm³/mol. The van der Waals surface area contributed by atoms with Gasteiger partial charge in [-0.15, -0.1) is 0 Å². The highest BCUT2D eigenvalue weighted by atomic mass is 19.4. The van der Waals surface area contributed by atoms with Gasteiger partial charge in [0.1, 0.15) is 6.04 Å². The number of hydrogen-bond donors (Lipinski definition) is 2. The fourth-order valence-corrected chi connectivity index (χ4v) is 0.920. The monoisotopic (exact) mass is 309 g/mol. The van der Waals surface area contributed by atoms with Gasteiger partial charge in [0.15, 0.2) is 0 Å². The van der Waals surface area contributed by atoms with Crippen molar-refractivity contribution in [3.8, 4) is 0 Å². The van der Waals surface area contributed by atoms with Gasteiger partial charge in [-0.2, -0.15) is 13.2 Å². The van der Waals surface area contributed by atoms with Gasteiger partial charge < -0.3 is 15.2 Å². The fraction of sp³-hybridized carbons (Fsp3) is 0.800. The Hall–Kier alpha value is -1.45. The normalized spacial score (nSPS) is 13.0. The maximum atomic E-state index is 12.4. The number of likely N-dealkylation sites (N-methyl/N-ethyl adjacent to an activating group) is 1. The number of aliphatic carboxylic acids is 1. The Bertz CT molecular complexity index is 314. The number of carbonyl (C=O) groups is 2. The fourth-order valence-electron chi connectivity index (χ4n) is 0.920. The summed E-state index contributed by atoms with van der Waals surface area (Å²) in [4.78, 5) is 19.8. The van der Waals surface area contributed by atoms with Crippen LogP contribution in [0.4, 0.5) is 22.0 Å². The molecule has 0 spiro atoms. The molecule has 0 radical (unpaired) electrons. The molecule has 0 aliphatic rings. The van der Waals surface area contributed by atoms with Crippen LogP contribution in [0.1, 0.15) is 19.8 Å². The highest BCUT2D eigenvalue weighted by Crippen LogP contribution is 2.19. The molecule has 20 heavy (non-hydrogen) atoms. The largest absolute Gasteiger partial charge is 0.490 e. The number of carbonyl (C=O) groups excluding carboxylic acids is 1. The van der Waals surface area contributed by atoms with Crippen molar-refractivity contribution in [3.63, 3.8) is 0 Å². The lowest BCUT2D eigenvalue weighted by Gasteiger charge is -2.16. The molecular weight excluding hydrogens is 293 g/mol. The lowest BCUT2D eigenvalue weighted by Crippen LogP contribution is -2.36. The first-order valence-corrected chi connectivity index (χ1v) is 5.28. The number of hydrogen-bond acceptors (Lipinski definition) is 4. The van der Waals surface area contributed by atoms with Gasteiger partial charge in [0, 0.05) is 6.42 Å². The minimum absolute atomic E-state index is 0.0761.